The summed E-state index contributed by atoms with van der Waals surface area (Å²) in [6, 6.07) is 36.7. The normalized spacial score (nSPS) is 10.8. The Hall–Kier alpha value is -6.57. The van der Waals surface area contributed by atoms with Crippen molar-refractivity contribution >= 4 is 51.8 Å². The van der Waals surface area contributed by atoms with Crippen molar-refractivity contribution in [2.24, 2.45) is 0 Å². The van der Waals surface area contributed by atoms with Crippen molar-refractivity contribution in [2.75, 3.05) is 55.5 Å². The number of rotatable bonds is 18. The molecule has 0 bridgehead atoms. The number of carbonyl (C=O) groups excluding carboxylic acids is 2. The lowest BCUT2D eigenvalue weighted by Gasteiger charge is -2.12. The van der Waals surface area contributed by atoms with Crippen molar-refractivity contribution < 1.29 is 24.2 Å². The number of carbonyl (C=O) groups is 2. The number of benzene rings is 5. The van der Waals surface area contributed by atoms with Gasteiger partial charge < -0.3 is 41.2 Å². The molecule has 0 aliphatic carbocycles. The molecule has 6 aromatic rings. The van der Waals surface area contributed by atoms with Gasteiger partial charge in [0.1, 0.15) is 5.75 Å². The average molecular weight is 713 g/mol. The van der Waals surface area contributed by atoms with E-state index in [0.717, 1.165) is 16.3 Å². The van der Waals surface area contributed by atoms with E-state index >= 15 is 0 Å². The molecule has 0 spiro atoms. The van der Waals surface area contributed by atoms with E-state index < -0.39 is 0 Å². The first-order valence-electron chi connectivity index (χ1n) is 17.2. The minimum Gasteiger partial charge on any atom is -0.508 e. The first-order chi connectivity index (χ1) is 26.0. The van der Waals surface area contributed by atoms with Crippen LogP contribution in [0.4, 0.5) is 29.2 Å². The molecular formula is C40H40N8O5. The molecule has 5 aromatic carbocycles. The van der Waals surface area contributed by atoms with Crippen LogP contribution in [0.2, 0.25) is 0 Å². The highest BCUT2D eigenvalue weighted by atomic mass is 16.5. The lowest BCUT2D eigenvalue weighted by atomic mass is 10.0. The Kier molecular flexibility index (Phi) is 12.7. The molecule has 270 valence electrons. The topological polar surface area (TPSA) is 172 Å². The zero-order valence-corrected chi connectivity index (χ0v) is 28.9. The Morgan fingerprint density at radius 3 is 1.83 bits per heavy atom. The number of nitrogens with zero attached hydrogens (tertiary/aromatic N) is 3. The van der Waals surface area contributed by atoms with E-state index in [-0.39, 0.29) is 29.5 Å². The zero-order valence-electron chi connectivity index (χ0n) is 28.9. The van der Waals surface area contributed by atoms with Crippen molar-refractivity contribution in [1.82, 2.24) is 25.6 Å². The van der Waals surface area contributed by atoms with Crippen LogP contribution in [0, 0.1) is 0 Å². The minimum atomic E-state index is -0.183. The second kappa shape index (κ2) is 18.6. The highest BCUT2D eigenvalue weighted by Crippen LogP contribution is 2.22. The van der Waals surface area contributed by atoms with Crippen LogP contribution in [0.1, 0.15) is 26.3 Å². The van der Waals surface area contributed by atoms with Gasteiger partial charge in [0.15, 0.2) is 0 Å². The van der Waals surface area contributed by atoms with Crippen molar-refractivity contribution in [3.63, 3.8) is 0 Å². The van der Waals surface area contributed by atoms with Crippen molar-refractivity contribution in [3.05, 3.63) is 138 Å². The third-order valence-electron chi connectivity index (χ3n) is 7.95. The Morgan fingerprint density at radius 1 is 0.547 bits per heavy atom. The van der Waals surface area contributed by atoms with Gasteiger partial charge >= 0.3 is 0 Å². The summed E-state index contributed by atoms with van der Waals surface area (Å²) in [6.45, 7) is 2.73. The van der Waals surface area contributed by atoms with Crippen LogP contribution in [-0.2, 0) is 16.0 Å². The molecule has 0 aliphatic heterocycles. The number of nitrogens with one attached hydrogen (secondary N) is 5. The van der Waals surface area contributed by atoms with Gasteiger partial charge in [-0.1, -0.05) is 60.7 Å². The number of aromatic nitrogens is 3. The summed E-state index contributed by atoms with van der Waals surface area (Å²) < 4.78 is 11.2. The van der Waals surface area contributed by atoms with Gasteiger partial charge in [-0.25, -0.2) is 0 Å². The van der Waals surface area contributed by atoms with Crippen molar-refractivity contribution in [1.29, 1.82) is 0 Å². The van der Waals surface area contributed by atoms with Crippen molar-refractivity contribution in [2.45, 2.75) is 6.54 Å². The van der Waals surface area contributed by atoms with E-state index in [1.165, 1.54) is 0 Å². The number of hydrogen-bond acceptors (Lipinski definition) is 11. The number of ether oxygens (including phenoxy) is 2. The molecule has 0 fully saturated rings. The molecular weight excluding hydrogens is 672 g/mol. The number of phenolic OH excluding ortho intramolecular Hbond substituents is 1. The quantitative estimate of drug-likeness (QED) is 0.0455. The van der Waals surface area contributed by atoms with Gasteiger partial charge in [-0.15, -0.1) is 0 Å². The van der Waals surface area contributed by atoms with Gasteiger partial charge in [0, 0.05) is 42.1 Å². The maximum Gasteiger partial charge on any atom is 0.251 e. The summed E-state index contributed by atoms with van der Waals surface area (Å²) in [7, 11) is 0. The summed E-state index contributed by atoms with van der Waals surface area (Å²) >= 11 is 0. The fourth-order valence-corrected chi connectivity index (χ4v) is 5.28. The molecule has 53 heavy (non-hydrogen) atoms. The van der Waals surface area contributed by atoms with Crippen LogP contribution < -0.4 is 26.6 Å². The predicted octanol–water partition coefficient (Wildman–Crippen LogP) is 6.02. The van der Waals surface area contributed by atoms with Crippen LogP contribution >= 0.6 is 0 Å². The fourth-order valence-electron chi connectivity index (χ4n) is 5.28. The third-order valence-corrected chi connectivity index (χ3v) is 7.95. The molecule has 1 heterocycles. The van der Waals surface area contributed by atoms with E-state index in [2.05, 4.69) is 59.7 Å². The Morgan fingerprint density at radius 2 is 1.11 bits per heavy atom. The molecule has 0 radical (unpaired) electrons. The molecule has 0 aliphatic rings. The summed E-state index contributed by atoms with van der Waals surface area (Å²) in [5.74, 6) is 0.668. The molecule has 0 unspecified atom stereocenters. The molecule has 13 heteroatoms. The largest absolute Gasteiger partial charge is 0.508 e. The Labute approximate surface area is 306 Å². The van der Waals surface area contributed by atoms with E-state index in [0.29, 0.717) is 74.5 Å². The second-order valence-electron chi connectivity index (χ2n) is 11.8. The van der Waals surface area contributed by atoms with Crippen LogP contribution in [0.5, 0.6) is 5.75 Å². The molecule has 13 nitrogen and oxygen atoms in total. The molecule has 1 aromatic heterocycles. The van der Waals surface area contributed by atoms with E-state index in [1.807, 2.05) is 42.5 Å². The van der Waals surface area contributed by atoms with Crippen LogP contribution in [0.25, 0.3) is 10.8 Å². The van der Waals surface area contributed by atoms with Crippen LogP contribution in [-0.4, -0.2) is 71.4 Å². The Balaban J connectivity index is 0.985. The number of aromatic hydroxyl groups is 1. The standard InChI is InChI=1S/C40H40N8O5/c49-34-19-17-33(18-20-34)45-40-47-38(42-22-24-53-26-25-52-23-21-41-36(50)29-8-2-1-3-9-29)46-39(48-40)44-32-15-13-30(14-16-32)37(51)43-27-31-11-6-10-28-7-4-5-12-35(28)31/h1-20,49H,21-27H2,(H,41,50)(H,43,51)(H3,42,44,45,46,47,48). The van der Waals surface area contributed by atoms with Crippen LogP contribution in [0.3, 0.4) is 0 Å². The minimum absolute atomic E-state index is 0.138. The second-order valence-corrected chi connectivity index (χ2v) is 11.8. The Bertz CT molecular complexity index is 2090. The highest BCUT2D eigenvalue weighted by Gasteiger charge is 2.11. The monoisotopic (exact) mass is 712 g/mol. The highest BCUT2D eigenvalue weighted by molar-refractivity contribution is 5.95. The van der Waals surface area contributed by atoms with Gasteiger partial charge in [-0.3, -0.25) is 9.59 Å². The average Bonchev–Trinajstić information content (AvgIpc) is 3.19. The maximum absolute atomic E-state index is 13.0. The summed E-state index contributed by atoms with van der Waals surface area (Å²) in [5, 5.41) is 27.2. The third kappa shape index (κ3) is 11.0. The number of hydrogen-bond donors (Lipinski definition) is 6. The predicted molar refractivity (Wildman–Crippen MR) is 205 cm³/mol. The first-order valence-corrected chi connectivity index (χ1v) is 17.2. The number of amides is 2. The number of phenols is 1. The number of anilines is 5. The molecule has 0 saturated heterocycles. The van der Waals surface area contributed by atoms with Gasteiger partial charge in [-0.2, -0.15) is 15.0 Å². The zero-order chi connectivity index (χ0) is 36.7. The van der Waals surface area contributed by atoms with Gasteiger partial charge in [0.2, 0.25) is 17.8 Å². The smallest absolute Gasteiger partial charge is 0.251 e. The van der Waals surface area contributed by atoms with E-state index in [4.69, 9.17) is 9.47 Å². The fraction of sp³-hybridized carbons (Fsp3) is 0.175. The summed E-state index contributed by atoms with van der Waals surface area (Å²) in [4.78, 5) is 38.6. The molecule has 0 atom stereocenters. The molecule has 0 saturated carbocycles. The molecule has 2 amide bonds. The first kappa shape index (κ1) is 36.2. The SMILES string of the molecule is O=C(NCCOCCOCCNc1nc(Nc2ccc(O)cc2)nc(Nc2ccc(C(=O)NCc3cccc4ccccc34)cc2)n1)c1ccccc1. The molecule has 6 rings (SSSR count). The van der Waals surface area contributed by atoms with Gasteiger partial charge in [0.05, 0.1) is 26.4 Å². The maximum atomic E-state index is 13.0. The lowest BCUT2D eigenvalue weighted by Crippen LogP contribution is -2.27. The lowest BCUT2D eigenvalue weighted by molar-refractivity contribution is 0.0519. The van der Waals surface area contributed by atoms with E-state index in [9.17, 15) is 14.7 Å². The summed E-state index contributed by atoms with van der Waals surface area (Å²) in [6.07, 6.45) is 0. The molecule has 6 N–H and O–H groups in total. The number of fused-ring (bicyclic) bond motifs is 1. The van der Waals surface area contributed by atoms with Gasteiger partial charge in [-0.05, 0) is 77.0 Å². The van der Waals surface area contributed by atoms with Crippen LogP contribution in [0.15, 0.2) is 121 Å². The van der Waals surface area contributed by atoms with Gasteiger partial charge in [0.25, 0.3) is 11.8 Å². The van der Waals surface area contributed by atoms with Crippen molar-refractivity contribution in [3.8, 4) is 5.75 Å². The van der Waals surface area contributed by atoms with E-state index in [1.54, 1.807) is 60.7 Å². The summed E-state index contributed by atoms with van der Waals surface area (Å²) in [5.41, 5.74) is 3.52.